The Bertz CT molecular complexity index is 1680. The van der Waals surface area contributed by atoms with Crippen molar-refractivity contribution in [3.05, 3.63) is 74.4 Å². The number of thiophene rings is 1. The van der Waals surface area contributed by atoms with Gasteiger partial charge < -0.3 is 19.1 Å². The van der Waals surface area contributed by atoms with Crippen LogP contribution in [0.25, 0.3) is 15.2 Å². The number of aromatic nitrogens is 4. The van der Waals surface area contributed by atoms with Crippen LogP contribution in [0, 0.1) is 12.7 Å². The molecule has 0 radical (unpaired) electrons. The molecule has 0 saturated carbocycles. The van der Waals surface area contributed by atoms with E-state index in [1.54, 1.807) is 42.0 Å². The maximum absolute atomic E-state index is 14.5. The van der Waals surface area contributed by atoms with Crippen LogP contribution in [0.4, 0.5) is 4.39 Å². The second kappa shape index (κ2) is 12.0. The third-order valence-electron chi connectivity index (χ3n) is 7.37. The van der Waals surface area contributed by atoms with Crippen molar-refractivity contribution in [3.63, 3.8) is 0 Å². The molecule has 0 bridgehead atoms. The first-order valence-electron chi connectivity index (χ1n) is 13.2. The standard InChI is InChI=1S/C28H32FN5O6S/c1-17-23-25(36)34(20-7-5-11-31(2)24(20)35)28(37)32(27(23)41-26(17)33-12-6-10-30-33)16-22(40-14-13-38-3)19-15-18(29)8-9-21(19)39-4/h6,8-10,12,15,20,22H,5,7,11,13-14,16H2,1-4H3. The summed E-state index contributed by atoms with van der Waals surface area (Å²) in [5, 5.41) is 5.31. The molecular weight excluding hydrogens is 553 g/mol. The number of amides is 1. The highest BCUT2D eigenvalue weighted by molar-refractivity contribution is 7.21. The summed E-state index contributed by atoms with van der Waals surface area (Å²) in [5.41, 5.74) is -0.129. The molecule has 0 spiro atoms. The number of benzene rings is 1. The van der Waals surface area contributed by atoms with Crippen LogP contribution in [0.15, 0.2) is 46.2 Å². The minimum Gasteiger partial charge on any atom is -0.496 e. The van der Waals surface area contributed by atoms with Crippen molar-refractivity contribution in [2.75, 3.05) is 41.0 Å². The first-order valence-corrected chi connectivity index (χ1v) is 14.1. The summed E-state index contributed by atoms with van der Waals surface area (Å²) in [6, 6.07) is 4.92. The van der Waals surface area contributed by atoms with E-state index in [-0.39, 0.29) is 25.7 Å². The van der Waals surface area contributed by atoms with Crippen molar-refractivity contribution in [1.29, 1.82) is 0 Å². The van der Waals surface area contributed by atoms with Gasteiger partial charge in [0.15, 0.2) is 0 Å². The second-order valence-corrected chi connectivity index (χ2v) is 10.9. The van der Waals surface area contributed by atoms with Gasteiger partial charge in [0.05, 0.1) is 32.3 Å². The maximum Gasteiger partial charge on any atom is 0.332 e. The average Bonchev–Trinajstić information content (AvgIpc) is 3.60. The van der Waals surface area contributed by atoms with E-state index in [4.69, 9.17) is 14.2 Å². The van der Waals surface area contributed by atoms with Crippen LogP contribution in [-0.4, -0.2) is 70.7 Å². The number of carbonyl (C=O) groups is 1. The summed E-state index contributed by atoms with van der Waals surface area (Å²) in [6.07, 6.45) is 3.56. The molecule has 13 heteroatoms. The topological polar surface area (TPSA) is 110 Å². The van der Waals surface area contributed by atoms with E-state index >= 15 is 0 Å². The second-order valence-electron chi connectivity index (χ2n) is 9.89. The summed E-state index contributed by atoms with van der Waals surface area (Å²) in [7, 11) is 4.67. The molecule has 11 nitrogen and oxygen atoms in total. The fourth-order valence-electron chi connectivity index (χ4n) is 5.28. The third-order valence-corrected chi connectivity index (χ3v) is 8.67. The normalized spacial score (nSPS) is 16.5. The zero-order chi connectivity index (χ0) is 29.3. The molecule has 1 aliphatic rings. The van der Waals surface area contributed by atoms with Gasteiger partial charge in [-0.3, -0.25) is 14.2 Å². The molecule has 2 unspecified atom stereocenters. The number of aryl methyl sites for hydroxylation is 1. The molecule has 0 N–H and O–H groups in total. The third kappa shape index (κ3) is 5.32. The first-order chi connectivity index (χ1) is 19.8. The van der Waals surface area contributed by atoms with Crippen molar-refractivity contribution in [3.8, 4) is 10.8 Å². The first kappa shape index (κ1) is 28.7. The van der Waals surface area contributed by atoms with Gasteiger partial charge in [0.25, 0.3) is 5.56 Å². The highest BCUT2D eigenvalue weighted by Gasteiger charge is 2.33. The molecule has 4 aromatic rings. The Morgan fingerprint density at radius 1 is 1.20 bits per heavy atom. The lowest BCUT2D eigenvalue weighted by molar-refractivity contribution is -0.136. The molecule has 1 amide bonds. The summed E-state index contributed by atoms with van der Waals surface area (Å²) >= 11 is 1.24. The minimum atomic E-state index is -0.937. The van der Waals surface area contributed by atoms with E-state index in [9.17, 15) is 18.8 Å². The molecule has 1 aliphatic heterocycles. The van der Waals surface area contributed by atoms with Crippen LogP contribution in [0.5, 0.6) is 5.75 Å². The SMILES string of the molecule is COCCOC(Cn1c(=O)n(C2CCCN(C)C2=O)c(=O)c2c(C)c(-n3cccn3)sc21)c1cc(F)ccc1OC. The monoisotopic (exact) mass is 585 g/mol. The average molecular weight is 586 g/mol. The van der Waals surface area contributed by atoms with Gasteiger partial charge in [-0.15, -0.1) is 0 Å². The number of rotatable bonds is 10. The molecular formula is C28H32FN5O6S. The van der Waals surface area contributed by atoms with E-state index in [1.165, 1.54) is 48.3 Å². The van der Waals surface area contributed by atoms with Crippen LogP contribution in [-0.2, 0) is 20.8 Å². The highest BCUT2D eigenvalue weighted by atomic mass is 32.1. The van der Waals surface area contributed by atoms with Crippen molar-refractivity contribution < 1.29 is 23.4 Å². The Morgan fingerprint density at radius 2 is 2.00 bits per heavy atom. The van der Waals surface area contributed by atoms with Crippen LogP contribution < -0.4 is 16.0 Å². The number of likely N-dealkylation sites (tertiary alicyclic amines) is 1. The van der Waals surface area contributed by atoms with Gasteiger partial charge in [0, 0.05) is 44.2 Å². The Labute approximate surface area is 239 Å². The smallest absolute Gasteiger partial charge is 0.332 e. The number of halogens is 1. The number of ether oxygens (including phenoxy) is 3. The van der Waals surface area contributed by atoms with Crippen molar-refractivity contribution in [2.45, 2.75) is 38.5 Å². The van der Waals surface area contributed by atoms with E-state index in [2.05, 4.69) is 5.10 Å². The van der Waals surface area contributed by atoms with Crippen molar-refractivity contribution >= 4 is 27.5 Å². The number of carbonyl (C=O) groups excluding carboxylic acids is 1. The molecule has 0 aliphatic carbocycles. The number of hydrogen-bond donors (Lipinski definition) is 0. The molecule has 1 fully saturated rings. The molecule has 5 rings (SSSR count). The van der Waals surface area contributed by atoms with Crippen LogP contribution >= 0.6 is 11.3 Å². The molecule has 3 aromatic heterocycles. The molecule has 1 saturated heterocycles. The number of methoxy groups -OCH3 is 2. The summed E-state index contributed by atoms with van der Waals surface area (Å²) < 4.78 is 35.4. The van der Waals surface area contributed by atoms with Gasteiger partial charge in [-0.1, -0.05) is 11.3 Å². The Kier molecular flexibility index (Phi) is 8.38. The van der Waals surface area contributed by atoms with Gasteiger partial charge in [0.1, 0.15) is 33.5 Å². The Hall–Kier alpha value is -3.81. The molecule has 4 heterocycles. The lowest BCUT2D eigenvalue weighted by Crippen LogP contribution is -2.49. The summed E-state index contributed by atoms with van der Waals surface area (Å²) in [4.78, 5) is 43.4. The molecule has 218 valence electrons. The van der Waals surface area contributed by atoms with Gasteiger partial charge >= 0.3 is 5.69 Å². The predicted molar refractivity (Wildman–Crippen MR) is 152 cm³/mol. The summed E-state index contributed by atoms with van der Waals surface area (Å²) in [5.74, 6) is -0.399. The number of hydrogen-bond acceptors (Lipinski definition) is 8. The quantitative estimate of drug-likeness (QED) is 0.263. The van der Waals surface area contributed by atoms with Gasteiger partial charge in [-0.05, 0) is 44.0 Å². The largest absolute Gasteiger partial charge is 0.496 e. The Morgan fingerprint density at radius 3 is 2.71 bits per heavy atom. The van der Waals surface area contributed by atoms with E-state index in [0.29, 0.717) is 51.5 Å². The fraction of sp³-hybridized carbons (Fsp3) is 0.429. The van der Waals surface area contributed by atoms with Gasteiger partial charge in [-0.2, -0.15) is 5.10 Å². The number of fused-ring (bicyclic) bond motifs is 1. The fourth-order valence-corrected chi connectivity index (χ4v) is 6.53. The lowest BCUT2D eigenvalue weighted by atomic mass is 10.0. The summed E-state index contributed by atoms with van der Waals surface area (Å²) in [6.45, 7) is 2.70. The van der Waals surface area contributed by atoms with Crippen molar-refractivity contribution in [1.82, 2.24) is 23.8 Å². The lowest BCUT2D eigenvalue weighted by Gasteiger charge is -2.30. The zero-order valence-electron chi connectivity index (χ0n) is 23.3. The number of likely N-dealkylation sites (N-methyl/N-ethyl adjacent to an activating group) is 1. The van der Waals surface area contributed by atoms with Crippen molar-refractivity contribution in [2.24, 2.45) is 0 Å². The molecule has 41 heavy (non-hydrogen) atoms. The predicted octanol–water partition coefficient (Wildman–Crippen LogP) is 3.06. The number of piperidine rings is 1. The zero-order valence-corrected chi connectivity index (χ0v) is 24.1. The number of nitrogens with zero attached hydrogens (tertiary/aromatic N) is 5. The maximum atomic E-state index is 14.5. The van der Waals surface area contributed by atoms with Crippen LogP contribution in [0.2, 0.25) is 0 Å². The molecule has 1 aromatic carbocycles. The van der Waals surface area contributed by atoms with E-state index < -0.39 is 29.2 Å². The highest BCUT2D eigenvalue weighted by Crippen LogP contribution is 2.34. The van der Waals surface area contributed by atoms with E-state index in [1.807, 2.05) is 0 Å². The Balaban J connectivity index is 1.75. The van der Waals surface area contributed by atoms with Gasteiger partial charge in [-0.25, -0.2) is 18.4 Å². The van der Waals surface area contributed by atoms with Gasteiger partial charge in [0.2, 0.25) is 5.91 Å². The molecule has 2 atom stereocenters. The van der Waals surface area contributed by atoms with Crippen LogP contribution in [0.1, 0.15) is 36.1 Å². The van der Waals surface area contributed by atoms with E-state index in [0.717, 1.165) is 4.57 Å². The minimum absolute atomic E-state index is 0.0750. The van der Waals surface area contributed by atoms with Crippen LogP contribution in [0.3, 0.4) is 0 Å².